The van der Waals surface area contributed by atoms with E-state index in [0.29, 0.717) is 5.69 Å². The van der Waals surface area contributed by atoms with Crippen LogP contribution in [0.5, 0.6) is 0 Å². The SMILES string of the molecule is CC(=O)Nc1ccc(-c2nc3n(c2-c2ccc(C4(NC(=O)OC(C)(C)C)CCC4)cc2)-c2cccnc2Nc2ccccc2-3)cc1.CC(C)(C)OC(=O)NC1(c2ccc(-c3c(-c4ccc(N)cc4)nc4n3-c3cccnc3Nc3ccccc3-4)cc2)CCC1. The summed E-state index contributed by atoms with van der Waals surface area (Å²) in [6.45, 7) is 12.7. The molecule has 6 aromatic carbocycles. The van der Waals surface area contributed by atoms with Crippen LogP contribution in [-0.2, 0) is 25.3 Å². The average molecular weight is 1180 g/mol. The number of carbonyl (C=O) groups is 3. The predicted octanol–water partition coefficient (Wildman–Crippen LogP) is 16.0. The number of fused-ring (bicyclic) bond motifs is 10. The van der Waals surface area contributed by atoms with E-state index in [1.165, 1.54) is 6.92 Å². The maximum Gasteiger partial charge on any atom is 0.408 e. The number of ether oxygens (including phenoxy) is 2. The largest absolute Gasteiger partial charge is 0.444 e. The Labute approximate surface area is 517 Å². The Hall–Kier alpha value is -10.6. The third-order valence-corrected chi connectivity index (χ3v) is 16.6. The second-order valence-corrected chi connectivity index (χ2v) is 25.2. The van der Waals surface area contributed by atoms with Gasteiger partial charge in [0.05, 0.1) is 56.6 Å². The van der Waals surface area contributed by atoms with Gasteiger partial charge in [-0.25, -0.2) is 29.5 Å². The Morgan fingerprint density at radius 1 is 0.506 bits per heavy atom. The highest BCUT2D eigenvalue weighted by molar-refractivity contribution is 5.94. The predicted molar refractivity (Wildman–Crippen MR) is 350 cm³/mol. The summed E-state index contributed by atoms with van der Waals surface area (Å²) in [5.41, 5.74) is 20.5. The maximum absolute atomic E-state index is 12.8. The third-order valence-electron chi connectivity index (χ3n) is 16.6. The van der Waals surface area contributed by atoms with Crippen molar-refractivity contribution in [3.63, 3.8) is 0 Å². The Balaban J connectivity index is 0.000000164. The molecule has 3 amide bonds. The Bertz CT molecular complexity index is 4340. The lowest BCUT2D eigenvalue weighted by Crippen LogP contribution is -2.52. The number of hydrogen-bond donors (Lipinski definition) is 6. The number of benzene rings is 6. The molecule has 89 heavy (non-hydrogen) atoms. The highest BCUT2D eigenvalue weighted by Gasteiger charge is 2.43. The minimum atomic E-state index is -0.575. The second-order valence-electron chi connectivity index (χ2n) is 25.2. The summed E-state index contributed by atoms with van der Waals surface area (Å²) >= 11 is 0. The van der Waals surface area contributed by atoms with Crippen LogP contribution in [0, 0.1) is 0 Å². The van der Waals surface area contributed by atoms with Gasteiger partial charge in [0.25, 0.3) is 0 Å². The van der Waals surface area contributed by atoms with Crippen LogP contribution in [0.15, 0.2) is 182 Å². The Kier molecular flexibility index (Phi) is 14.6. The van der Waals surface area contributed by atoms with Gasteiger partial charge in [0.2, 0.25) is 5.91 Å². The number of nitrogens with one attached hydrogen (secondary N) is 5. The molecule has 2 fully saturated rings. The number of pyridine rings is 2. The molecule has 0 radical (unpaired) electrons. The highest BCUT2D eigenvalue weighted by Crippen LogP contribution is 2.49. The first-order valence-corrected chi connectivity index (χ1v) is 30.2. The van der Waals surface area contributed by atoms with E-state index in [1.54, 1.807) is 12.4 Å². The molecule has 448 valence electrons. The Morgan fingerprint density at radius 3 is 1.28 bits per heavy atom. The standard InChI is InChI=1S/C37H36N6O3.C35H34N6O2/c1-23(44)39-27-18-14-24(15-19-27)31-32(25-12-16-26(17-13-25)37(20-8-21-37)42-35(45)46-36(2,3)4)43-30-11-7-22-38-33(30)40-29-10-6-5-9-28(29)34(43)41-31;1-34(2,3)43-33(42)40-35(19-7-20-35)24-15-11-23(12-16-24)30-29(22-13-17-25(36)18-14-22)39-32-26-8-4-5-9-27(26)38-31-28(41(30)32)10-6-21-37-31/h5-7,9-19,22H,8,20-21H2,1-4H3,(H,38,40)(H,39,44)(H,42,45);4-6,8-18,21H,7,19-20,36H2,1-3H3,(H,37,38)(H,40,42). The molecule has 2 saturated carbocycles. The van der Waals surface area contributed by atoms with Gasteiger partial charge < -0.3 is 41.8 Å². The van der Waals surface area contributed by atoms with Crippen molar-refractivity contribution in [2.75, 3.05) is 21.7 Å². The minimum absolute atomic E-state index is 0.124. The van der Waals surface area contributed by atoms with Crippen molar-refractivity contribution >= 4 is 52.5 Å². The lowest BCUT2D eigenvalue weighted by Gasteiger charge is -2.43. The first-order chi connectivity index (χ1) is 42.8. The molecule has 2 aliphatic heterocycles. The molecule has 0 bridgehead atoms. The number of para-hydroxylation sites is 2. The number of hydrogen-bond acceptors (Lipinski definition) is 12. The number of amides is 3. The van der Waals surface area contributed by atoms with Gasteiger partial charge in [-0.1, -0.05) is 97.1 Å². The van der Waals surface area contributed by atoms with Gasteiger partial charge in [0, 0.05) is 64.1 Å². The quantitative estimate of drug-likeness (QED) is 0.0744. The molecule has 0 spiro atoms. The fourth-order valence-corrected chi connectivity index (χ4v) is 12.3. The molecular weight excluding hydrogens is 1110 g/mol. The first kappa shape index (κ1) is 57.5. The van der Waals surface area contributed by atoms with E-state index in [4.69, 9.17) is 35.1 Å². The molecule has 0 unspecified atom stereocenters. The van der Waals surface area contributed by atoms with Crippen LogP contribution in [0.25, 0.3) is 79.2 Å². The van der Waals surface area contributed by atoms with E-state index in [-0.39, 0.29) is 5.91 Å². The van der Waals surface area contributed by atoms with E-state index in [9.17, 15) is 14.4 Å². The van der Waals surface area contributed by atoms with Crippen LogP contribution in [0.1, 0.15) is 98.1 Å². The second kappa shape index (κ2) is 22.6. The van der Waals surface area contributed by atoms with Gasteiger partial charge in [0.1, 0.15) is 22.9 Å². The molecular formula is C72H70N12O5. The van der Waals surface area contributed by atoms with E-state index < -0.39 is 34.5 Å². The number of imidazole rings is 2. The number of aromatic nitrogens is 6. The van der Waals surface area contributed by atoms with Crippen molar-refractivity contribution in [3.8, 4) is 79.2 Å². The summed E-state index contributed by atoms with van der Waals surface area (Å²) in [6, 6.07) is 56.7. The summed E-state index contributed by atoms with van der Waals surface area (Å²) in [7, 11) is 0. The van der Waals surface area contributed by atoms with E-state index >= 15 is 0 Å². The van der Waals surface area contributed by atoms with Crippen LogP contribution in [0.4, 0.5) is 44.0 Å². The van der Waals surface area contributed by atoms with Gasteiger partial charge in [-0.15, -0.1) is 0 Å². The molecule has 6 heterocycles. The van der Waals surface area contributed by atoms with Crippen molar-refractivity contribution in [2.45, 2.75) is 109 Å². The van der Waals surface area contributed by atoms with E-state index in [1.807, 2.05) is 145 Å². The fourth-order valence-electron chi connectivity index (χ4n) is 12.3. The number of carbonyl (C=O) groups excluding carboxylic acids is 3. The maximum atomic E-state index is 12.8. The van der Waals surface area contributed by atoms with Crippen LogP contribution in [0.3, 0.4) is 0 Å². The molecule has 4 aliphatic rings. The van der Waals surface area contributed by atoms with Crippen LogP contribution in [-0.4, -0.2) is 58.4 Å². The topological polar surface area (TPSA) is 217 Å². The summed E-state index contributed by atoms with van der Waals surface area (Å²) in [6.07, 6.45) is 8.29. The zero-order valence-corrected chi connectivity index (χ0v) is 50.9. The minimum Gasteiger partial charge on any atom is -0.444 e. The van der Waals surface area contributed by atoms with Gasteiger partial charge >= 0.3 is 12.2 Å². The number of alkyl carbamates (subject to hydrolysis) is 2. The summed E-state index contributed by atoms with van der Waals surface area (Å²) < 4.78 is 15.6. The van der Waals surface area contributed by atoms with Crippen molar-refractivity contribution in [1.82, 2.24) is 39.7 Å². The number of rotatable bonds is 9. The molecule has 14 rings (SSSR count). The number of anilines is 6. The smallest absolute Gasteiger partial charge is 0.408 e. The third kappa shape index (κ3) is 11.3. The van der Waals surface area contributed by atoms with Crippen LogP contribution >= 0.6 is 0 Å². The van der Waals surface area contributed by atoms with Crippen LogP contribution < -0.4 is 32.3 Å². The molecule has 17 heteroatoms. The fraction of sp³-hybridized carbons (Fsp3) is 0.236. The molecule has 4 aromatic heterocycles. The lowest BCUT2D eigenvalue weighted by atomic mass is 9.71. The van der Waals surface area contributed by atoms with Crippen molar-refractivity contribution in [2.24, 2.45) is 0 Å². The highest BCUT2D eigenvalue weighted by atomic mass is 16.6. The summed E-state index contributed by atoms with van der Waals surface area (Å²) in [4.78, 5) is 57.2. The molecule has 17 nitrogen and oxygen atoms in total. The van der Waals surface area contributed by atoms with Gasteiger partial charge in [-0.3, -0.25) is 13.9 Å². The van der Waals surface area contributed by atoms with Gasteiger partial charge in [-0.2, -0.15) is 0 Å². The van der Waals surface area contributed by atoms with Crippen LogP contribution in [0.2, 0.25) is 0 Å². The monoisotopic (exact) mass is 1180 g/mol. The van der Waals surface area contributed by atoms with Crippen molar-refractivity contribution in [1.29, 1.82) is 0 Å². The zero-order valence-electron chi connectivity index (χ0n) is 50.9. The summed E-state index contributed by atoms with van der Waals surface area (Å²) in [5.74, 6) is 2.97. The normalized spacial score (nSPS) is 14.5. The Morgan fingerprint density at radius 2 is 0.899 bits per heavy atom. The average Bonchev–Trinajstić information content (AvgIpc) is 1.63. The molecule has 2 aliphatic carbocycles. The molecule has 0 atom stereocenters. The van der Waals surface area contributed by atoms with Crippen molar-refractivity contribution in [3.05, 3.63) is 193 Å². The number of nitrogen functional groups attached to an aromatic ring is 1. The van der Waals surface area contributed by atoms with Gasteiger partial charge in [0.15, 0.2) is 11.6 Å². The molecule has 0 saturated heterocycles. The first-order valence-electron chi connectivity index (χ1n) is 30.2. The molecule has 10 aromatic rings. The van der Waals surface area contributed by atoms with E-state index in [2.05, 4.69) is 102 Å². The zero-order chi connectivity index (χ0) is 61.8. The number of nitrogens with zero attached hydrogens (tertiary/aromatic N) is 6. The lowest BCUT2D eigenvalue weighted by molar-refractivity contribution is -0.114. The summed E-state index contributed by atoms with van der Waals surface area (Å²) in [5, 5.41) is 16.2. The number of nitrogens with two attached hydrogens (primary N) is 1. The van der Waals surface area contributed by atoms with Crippen molar-refractivity contribution < 1.29 is 23.9 Å². The molecule has 7 N–H and O–H groups in total. The van der Waals surface area contributed by atoms with Gasteiger partial charge in [-0.05, 0) is 164 Å². The van der Waals surface area contributed by atoms with E-state index in [0.717, 1.165) is 158 Å².